The molecule has 150 valence electrons. The Morgan fingerprint density at radius 1 is 1.21 bits per heavy atom. The van der Waals surface area contributed by atoms with Gasteiger partial charge in [-0.15, -0.1) is 0 Å². The van der Waals surface area contributed by atoms with Crippen LogP contribution in [0.3, 0.4) is 0 Å². The molecule has 0 atom stereocenters. The molecule has 1 amide bonds. The summed E-state index contributed by atoms with van der Waals surface area (Å²) in [6.07, 6.45) is 4.13. The molecule has 1 aliphatic rings. The number of carbonyl (C=O) groups excluding carboxylic acids is 1. The van der Waals surface area contributed by atoms with Crippen molar-refractivity contribution in [3.63, 3.8) is 0 Å². The SMILES string of the molecule is COc1ccc(CCNC(=O)C2CCN(c3nccc(C)n3)CC2)c(OC)c1. The van der Waals surface area contributed by atoms with Crippen LogP contribution in [-0.2, 0) is 11.2 Å². The highest BCUT2D eigenvalue weighted by atomic mass is 16.5. The standard InChI is InChI=1S/C21H28N4O3/c1-15-6-10-23-21(24-15)25-12-8-17(9-13-25)20(26)22-11-7-16-4-5-18(27-2)14-19(16)28-3/h4-6,10,14,17H,7-9,11-13H2,1-3H3,(H,22,26). The van der Waals surface area contributed by atoms with Gasteiger partial charge in [-0.05, 0) is 43.9 Å². The molecule has 0 spiro atoms. The predicted octanol–water partition coefficient (Wildman–Crippen LogP) is 2.38. The molecule has 28 heavy (non-hydrogen) atoms. The number of nitrogens with one attached hydrogen (secondary N) is 1. The minimum Gasteiger partial charge on any atom is -0.497 e. The Labute approximate surface area is 166 Å². The molecule has 1 saturated heterocycles. The molecule has 7 heteroatoms. The van der Waals surface area contributed by atoms with Crippen molar-refractivity contribution in [1.29, 1.82) is 0 Å². The summed E-state index contributed by atoms with van der Waals surface area (Å²) in [5.41, 5.74) is 2.01. The third-order valence-corrected chi connectivity index (χ3v) is 5.12. The van der Waals surface area contributed by atoms with E-state index in [1.165, 1.54) is 0 Å². The van der Waals surface area contributed by atoms with Crippen LogP contribution in [0.2, 0.25) is 0 Å². The first-order valence-electron chi connectivity index (χ1n) is 9.64. The fourth-order valence-electron chi connectivity index (χ4n) is 3.45. The van der Waals surface area contributed by atoms with Crippen LogP contribution < -0.4 is 19.7 Å². The highest BCUT2D eigenvalue weighted by molar-refractivity contribution is 5.79. The summed E-state index contributed by atoms with van der Waals surface area (Å²) >= 11 is 0. The van der Waals surface area contributed by atoms with Gasteiger partial charge in [-0.3, -0.25) is 4.79 Å². The number of aromatic nitrogens is 2. The van der Waals surface area contributed by atoms with Gasteiger partial charge < -0.3 is 19.7 Å². The van der Waals surface area contributed by atoms with Gasteiger partial charge in [0.25, 0.3) is 0 Å². The van der Waals surface area contributed by atoms with E-state index in [4.69, 9.17) is 9.47 Å². The summed E-state index contributed by atoms with van der Waals surface area (Å²) in [5.74, 6) is 2.45. The molecule has 0 aliphatic carbocycles. The number of methoxy groups -OCH3 is 2. The first kappa shape index (κ1) is 19.9. The monoisotopic (exact) mass is 384 g/mol. The lowest BCUT2D eigenvalue weighted by Gasteiger charge is -2.31. The van der Waals surface area contributed by atoms with Crippen LogP contribution in [0.5, 0.6) is 11.5 Å². The maximum Gasteiger partial charge on any atom is 0.225 e. The summed E-state index contributed by atoms with van der Waals surface area (Å²) in [7, 11) is 3.27. The van der Waals surface area contributed by atoms with Gasteiger partial charge in [0.05, 0.1) is 14.2 Å². The second kappa shape index (κ2) is 9.39. The van der Waals surface area contributed by atoms with Crippen LogP contribution in [0.25, 0.3) is 0 Å². The predicted molar refractivity (Wildman–Crippen MR) is 108 cm³/mol. The minimum absolute atomic E-state index is 0.0406. The van der Waals surface area contributed by atoms with Crippen molar-refractivity contribution in [1.82, 2.24) is 15.3 Å². The summed E-state index contributed by atoms with van der Waals surface area (Å²) in [6.45, 7) is 4.15. The zero-order chi connectivity index (χ0) is 19.9. The van der Waals surface area contributed by atoms with Crippen molar-refractivity contribution in [3.05, 3.63) is 41.7 Å². The molecular formula is C21H28N4O3. The summed E-state index contributed by atoms with van der Waals surface area (Å²) < 4.78 is 10.6. The van der Waals surface area contributed by atoms with E-state index in [0.717, 1.165) is 61.1 Å². The number of benzene rings is 1. The number of hydrogen-bond donors (Lipinski definition) is 1. The molecule has 0 radical (unpaired) electrons. The maximum absolute atomic E-state index is 12.5. The number of anilines is 1. The van der Waals surface area contributed by atoms with Crippen LogP contribution >= 0.6 is 0 Å². The largest absolute Gasteiger partial charge is 0.497 e. The quantitative estimate of drug-likeness (QED) is 0.790. The van der Waals surface area contributed by atoms with Crippen molar-refractivity contribution in [2.24, 2.45) is 5.92 Å². The molecular weight excluding hydrogens is 356 g/mol. The number of aryl methyl sites for hydroxylation is 1. The van der Waals surface area contributed by atoms with Crippen molar-refractivity contribution in [2.45, 2.75) is 26.2 Å². The number of hydrogen-bond acceptors (Lipinski definition) is 6. The Bertz CT molecular complexity index is 804. The number of carbonyl (C=O) groups is 1. The molecule has 1 N–H and O–H groups in total. The van der Waals surface area contributed by atoms with E-state index >= 15 is 0 Å². The molecule has 0 unspecified atom stereocenters. The summed E-state index contributed by atoms with van der Waals surface area (Å²) in [4.78, 5) is 23.5. The normalized spacial score (nSPS) is 14.6. The molecule has 1 aliphatic heterocycles. The highest BCUT2D eigenvalue weighted by Crippen LogP contribution is 2.25. The van der Waals surface area contributed by atoms with Crippen LogP contribution in [0.15, 0.2) is 30.5 Å². The van der Waals surface area contributed by atoms with E-state index < -0.39 is 0 Å². The van der Waals surface area contributed by atoms with Crippen LogP contribution in [0.1, 0.15) is 24.1 Å². The van der Waals surface area contributed by atoms with Crippen molar-refractivity contribution in [2.75, 3.05) is 38.8 Å². The third kappa shape index (κ3) is 4.91. The average Bonchev–Trinajstić information content (AvgIpc) is 2.74. The van der Waals surface area contributed by atoms with E-state index in [1.54, 1.807) is 20.4 Å². The topological polar surface area (TPSA) is 76.6 Å². The zero-order valence-corrected chi connectivity index (χ0v) is 16.8. The fraction of sp³-hybridized carbons (Fsp3) is 0.476. The molecule has 7 nitrogen and oxygen atoms in total. The Morgan fingerprint density at radius 3 is 2.68 bits per heavy atom. The van der Waals surface area contributed by atoms with E-state index in [9.17, 15) is 4.79 Å². The molecule has 1 aromatic heterocycles. The van der Waals surface area contributed by atoms with E-state index in [-0.39, 0.29) is 11.8 Å². The van der Waals surface area contributed by atoms with Crippen LogP contribution in [-0.4, -0.2) is 49.7 Å². The first-order valence-corrected chi connectivity index (χ1v) is 9.64. The molecule has 0 bridgehead atoms. The number of amides is 1. The highest BCUT2D eigenvalue weighted by Gasteiger charge is 2.26. The lowest BCUT2D eigenvalue weighted by Crippen LogP contribution is -2.41. The average molecular weight is 384 g/mol. The molecule has 0 saturated carbocycles. The van der Waals surface area contributed by atoms with Crippen molar-refractivity contribution < 1.29 is 14.3 Å². The second-order valence-corrected chi connectivity index (χ2v) is 6.98. The second-order valence-electron chi connectivity index (χ2n) is 6.98. The Kier molecular flexibility index (Phi) is 6.68. The van der Waals surface area contributed by atoms with Gasteiger partial charge >= 0.3 is 0 Å². The van der Waals surface area contributed by atoms with Gasteiger partial charge in [0.15, 0.2) is 0 Å². The van der Waals surface area contributed by atoms with E-state index in [1.807, 2.05) is 31.2 Å². The lowest BCUT2D eigenvalue weighted by atomic mass is 9.96. The molecule has 1 fully saturated rings. The minimum atomic E-state index is 0.0406. The first-order chi connectivity index (χ1) is 13.6. The fourth-order valence-corrected chi connectivity index (χ4v) is 3.45. The smallest absolute Gasteiger partial charge is 0.225 e. The van der Waals surface area contributed by atoms with Crippen molar-refractivity contribution >= 4 is 11.9 Å². The van der Waals surface area contributed by atoms with Crippen LogP contribution in [0.4, 0.5) is 5.95 Å². The molecule has 2 heterocycles. The summed E-state index contributed by atoms with van der Waals surface area (Å²) in [5, 5.41) is 3.07. The van der Waals surface area contributed by atoms with E-state index in [0.29, 0.717) is 6.54 Å². The van der Waals surface area contributed by atoms with Crippen LogP contribution in [0, 0.1) is 12.8 Å². The summed E-state index contributed by atoms with van der Waals surface area (Å²) in [6, 6.07) is 7.63. The number of ether oxygens (including phenoxy) is 2. The Morgan fingerprint density at radius 2 is 2.00 bits per heavy atom. The Hall–Kier alpha value is -2.83. The number of piperidine rings is 1. The van der Waals surface area contributed by atoms with Gasteiger partial charge in [0.2, 0.25) is 11.9 Å². The van der Waals surface area contributed by atoms with Crippen molar-refractivity contribution in [3.8, 4) is 11.5 Å². The number of rotatable bonds is 7. The number of nitrogens with zero attached hydrogens (tertiary/aromatic N) is 3. The van der Waals surface area contributed by atoms with Gasteiger partial charge in [0, 0.05) is 43.5 Å². The lowest BCUT2D eigenvalue weighted by molar-refractivity contribution is -0.125. The zero-order valence-electron chi connectivity index (χ0n) is 16.8. The van der Waals surface area contributed by atoms with Gasteiger partial charge in [-0.1, -0.05) is 6.07 Å². The van der Waals surface area contributed by atoms with Gasteiger partial charge in [-0.25, -0.2) is 9.97 Å². The molecule has 3 rings (SSSR count). The van der Waals surface area contributed by atoms with Gasteiger partial charge in [-0.2, -0.15) is 0 Å². The molecule has 2 aromatic rings. The third-order valence-electron chi connectivity index (χ3n) is 5.12. The maximum atomic E-state index is 12.5. The Balaban J connectivity index is 1.46. The molecule has 1 aromatic carbocycles. The van der Waals surface area contributed by atoms with E-state index in [2.05, 4.69) is 20.2 Å². The van der Waals surface area contributed by atoms with Gasteiger partial charge in [0.1, 0.15) is 11.5 Å².